The van der Waals surface area contributed by atoms with Gasteiger partial charge in [0.2, 0.25) is 0 Å². The van der Waals surface area contributed by atoms with Crippen LogP contribution in [0.1, 0.15) is 5.56 Å². The maximum atomic E-state index is 12.4. The van der Waals surface area contributed by atoms with Crippen molar-refractivity contribution in [1.29, 1.82) is 0 Å². The molecule has 0 atom stereocenters. The molecule has 0 saturated carbocycles. The molecule has 2 amide bonds. The standard InChI is InChI=1S/C20H20N2O/c1-22(15-14-16-8-3-2-4-9-16)20(23)21-19-13-7-11-17-10-5-6-12-18(17)19/h2-13H,14-15H2,1H3,(H,21,23). The Morgan fingerprint density at radius 2 is 1.61 bits per heavy atom. The molecule has 3 rings (SSSR count). The van der Waals surface area contributed by atoms with Gasteiger partial charge in [0.1, 0.15) is 0 Å². The van der Waals surface area contributed by atoms with Gasteiger partial charge in [-0.2, -0.15) is 0 Å². The van der Waals surface area contributed by atoms with Crippen molar-refractivity contribution in [2.45, 2.75) is 6.42 Å². The van der Waals surface area contributed by atoms with E-state index in [9.17, 15) is 4.79 Å². The molecule has 3 nitrogen and oxygen atoms in total. The molecular weight excluding hydrogens is 284 g/mol. The zero-order valence-corrected chi connectivity index (χ0v) is 13.2. The van der Waals surface area contributed by atoms with Crippen LogP contribution in [0.3, 0.4) is 0 Å². The highest BCUT2D eigenvalue weighted by molar-refractivity contribution is 6.01. The molecule has 0 saturated heterocycles. The summed E-state index contributed by atoms with van der Waals surface area (Å²) in [6.45, 7) is 0.681. The lowest BCUT2D eigenvalue weighted by molar-refractivity contribution is 0.223. The lowest BCUT2D eigenvalue weighted by atomic mass is 10.1. The lowest BCUT2D eigenvalue weighted by Gasteiger charge is -2.18. The highest BCUT2D eigenvalue weighted by Crippen LogP contribution is 2.23. The van der Waals surface area contributed by atoms with E-state index < -0.39 is 0 Å². The number of hydrogen-bond donors (Lipinski definition) is 1. The van der Waals surface area contributed by atoms with E-state index in [4.69, 9.17) is 0 Å². The molecule has 0 aromatic heterocycles. The van der Waals surface area contributed by atoms with Gasteiger partial charge >= 0.3 is 6.03 Å². The third-order valence-electron chi connectivity index (χ3n) is 3.96. The minimum Gasteiger partial charge on any atom is -0.327 e. The predicted octanol–water partition coefficient (Wildman–Crippen LogP) is 4.55. The highest BCUT2D eigenvalue weighted by atomic mass is 16.2. The van der Waals surface area contributed by atoms with Crippen LogP contribution in [0.25, 0.3) is 10.8 Å². The van der Waals surface area contributed by atoms with E-state index in [0.29, 0.717) is 6.54 Å². The van der Waals surface area contributed by atoms with Crippen LogP contribution in [-0.2, 0) is 6.42 Å². The summed E-state index contributed by atoms with van der Waals surface area (Å²) in [4.78, 5) is 14.1. The first-order valence-electron chi connectivity index (χ1n) is 7.78. The molecule has 3 aromatic carbocycles. The van der Waals surface area contributed by atoms with E-state index in [1.807, 2.05) is 67.7 Å². The van der Waals surface area contributed by atoms with Gasteiger partial charge < -0.3 is 10.2 Å². The summed E-state index contributed by atoms with van der Waals surface area (Å²) in [6, 6.07) is 24.1. The maximum Gasteiger partial charge on any atom is 0.321 e. The fraction of sp³-hybridized carbons (Fsp3) is 0.150. The fourth-order valence-electron chi connectivity index (χ4n) is 2.59. The quantitative estimate of drug-likeness (QED) is 0.753. The number of anilines is 1. The summed E-state index contributed by atoms with van der Waals surface area (Å²) in [6.07, 6.45) is 0.848. The summed E-state index contributed by atoms with van der Waals surface area (Å²) in [5, 5.41) is 5.19. The predicted molar refractivity (Wildman–Crippen MR) is 95.7 cm³/mol. The van der Waals surface area contributed by atoms with Crippen LogP contribution in [0, 0.1) is 0 Å². The van der Waals surface area contributed by atoms with E-state index in [1.54, 1.807) is 4.90 Å². The molecule has 0 bridgehead atoms. The average Bonchev–Trinajstić information content (AvgIpc) is 2.61. The summed E-state index contributed by atoms with van der Waals surface area (Å²) < 4.78 is 0. The van der Waals surface area contributed by atoms with Crippen LogP contribution in [-0.4, -0.2) is 24.5 Å². The number of amides is 2. The second kappa shape index (κ2) is 6.97. The van der Waals surface area contributed by atoms with Crippen LogP contribution in [0.5, 0.6) is 0 Å². The number of likely N-dealkylation sites (N-methyl/N-ethyl adjacent to an activating group) is 1. The number of benzene rings is 3. The van der Waals surface area contributed by atoms with Gasteiger partial charge in [0.15, 0.2) is 0 Å². The van der Waals surface area contributed by atoms with E-state index >= 15 is 0 Å². The molecule has 0 unspecified atom stereocenters. The van der Waals surface area contributed by atoms with Crippen LogP contribution >= 0.6 is 0 Å². The third kappa shape index (κ3) is 3.69. The Hall–Kier alpha value is -2.81. The number of carbonyl (C=O) groups is 1. The molecule has 3 aromatic rings. The van der Waals surface area contributed by atoms with Crippen molar-refractivity contribution in [3.8, 4) is 0 Å². The van der Waals surface area contributed by atoms with Crippen LogP contribution < -0.4 is 5.32 Å². The molecule has 3 heteroatoms. The smallest absolute Gasteiger partial charge is 0.321 e. The molecule has 23 heavy (non-hydrogen) atoms. The van der Waals surface area contributed by atoms with E-state index in [1.165, 1.54) is 5.56 Å². The molecule has 0 fully saturated rings. The first-order chi connectivity index (χ1) is 11.2. The number of nitrogens with zero attached hydrogens (tertiary/aromatic N) is 1. The minimum absolute atomic E-state index is 0.0858. The van der Waals surface area contributed by atoms with Gasteiger partial charge in [0.05, 0.1) is 5.69 Å². The Morgan fingerprint density at radius 3 is 2.43 bits per heavy atom. The first kappa shape index (κ1) is 15.1. The molecule has 116 valence electrons. The summed E-state index contributed by atoms with van der Waals surface area (Å²) in [7, 11) is 1.82. The molecular formula is C20H20N2O. The number of urea groups is 1. The van der Waals surface area contributed by atoms with Crippen molar-refractivity contribution in [2.24, 2.45) is 0 Å². The number of nitrogens with one attached hydrogen (secondary N) is 1. The molecule has 0 aliphatic heterocycles. The van der Waals surface area contributed by atoms with Crippen molar-refractivity contribution < 1.29 is 4.79 Å². The third-order valence-corrected chi connectivity index (χ3v) is 3.96. The van der Waals surface area contributed by atoms with E-state index in [2.05, 4.69) is 17.4 Å². The van der Waals surface area contributed by atoms with Gasteiger partial charge in [-0.15, -0.1) is 0 Å². The van der Waals surface area contributed by atoms with Gasteiger partial charge in [0, 0.05) is 19.0 Å². The topological polar surface area (TPSA) is 32.3 Å². The van der Waals surface area contributed by atoms with Gasteiger partial charge in [-0.05, 0) is 23.4 Å². The zero-order chi connectivity index (χ0) is 16.1. The van der Waals surface area contributed by atoms with Gasteiger partial charge in [-0.1, -0.05) is 66.7 Å². The summed E-state index contributed by atoms with van der Waals surface area (Å²) in [5.74, 6) is 0. The minimum atomic E-state index is -0.0858. The van der Waals surface area contributed by atoms with E-state index in [-0.39, 0.29) is 6.03 Å². The Balaban J connectivity index is 1.66. The average molecular weight is 304 g/mol. The Labute approximate surface area is 136 Å². The van der Waals surface area contributed by atoms with Crippen molar-refractivity contribution in [1.82, 2.24) is 4.90 Å². The number of rotatable bonds is 4. The second-order valence-electron chi connectivity index (χ2n) is 5.61. The SMILES string of the molecule is CN(CCc1ccccc1)C(=O)Nc1cccc2ccccc12. The van der Waals surface area contributed by atoms with Crippen molar-refractivity contribution in [2.75, 3.05) is 18.9 Å². The summed E-state index contributed by atoms with van der Waals surface area (Å²) >= 11 is 0. The van der Waals surface area contributed by atoms with Crippen LogP contribution in [0.4, 0.5) is 10.5 Å². The second-order valence-corrected chi connectivity index (χ2v) is 5.61. The van der Waals surface area contributed by atoms with Crippen molar-refractivity contribution in [3.63, 3.8) is 0 Å². The molecule has 0 radical (unpaired) electrons. The Kier molecular flexibility index (Phi) is 4.57. The molecule has 1 N–H and O–H groups in total. The van der Waals surface area contributed by atoms with Crippen LogP contribution in [0.2, 0.25) is 0 Å². The normalized spacial score (nSPS) is 10.5. The largest absolute Gasteiger partial charge is 0.327 e. The summed E-state index contributed by atoms with van der Waals surface area (Å²) in [5.41, 5.74) is 2.08. The molecule has 0 spiro atoms. The van der Waals surface area contributed by atoms with Gasteiger partial charge in [-0.25, -0.2) is 4.79 Å². The zero-order valence-electron chi connectivity index (χ0n) is 13.2. The lowest BCUT2D eigenvalue weighted by Crippen LogP contribution is -2.33. The fourth-order valence-corrected chi connectivity index (χ4v) is 2.59. The van der Waals surface area contributed by atoms with E-state index in [0.717, 1.165) is 22.9 Å². The molecule has 0 aliphatic carbocycles. The number of fused-ring (bicyclic) bond motifs is 1. The maximum absolute atomic E-state index is 12.4. The first-order valence-corrected chi connectivity index (χ1v) is 7.78. The van der Waals surface area contributed by atoms with Gasteiger partial charge in [-0.3, -0.25) is 0 Å². The van der Waals surface area contributed by atoms with Gasteiger partial charge in [0.25, 0.3) is 0 Å². The van der Waals surface area contributed by atoms with Crippen molar-refractivity contribution in [3.05, 3.63) is 78.4 Å². The van der Waals surface area contributed by atoms with Crippen molar-refractivity contribution >= 4 is 22.5 Å². The Morgan fingerprint density at radius 1 is 0.913 bits per heavy atom. The number of carbonyl (C=O) groups excluding carboxylic acids is 1. The molecule has 0 heterocycles. The molecule has 0 aliphatic rings. The monoisotopic (exact) mass is 304 g/mol. The number of hydrogen-bond acceptors (Lipinski definition) is 1. The van der Waals surface area contributed by atoms with Crippen LogP contribution in [0.15, 0.2) is 72.8 Å². The highest BCUT2D eigenvalue weighted by Gasteiger charge is 2.10. The Bertz CT molecular complexity index is 794.